The van der Waals surface area contributed by atoms with Gasteiger partial charge in [0.1, 0.15) is 5.76 Å². The van der Waals surface area contributed by atoms with Crippen molar-refractivity contribution in [2.75, 3.05) is 11.1 Å². The fourth-order valence-corrected chi connectivity index (χ4v) is 3.91. The van der Waals surface area contributed by atoms with Gasteiger partial charge in [0.15, 0.2) is 5.16 Å². The summed E-state index contributed by atoms with van der Waals surface area (Å²) in [4.78, 5) is 28.9. The number of hydrogen-bond donors (Lipinski definition) is 2. The molecule has 4 aromatic rings. The highest BCUT2D eigenvalue weighted by Gasteiger charge is 2.11. The quantitative estimate of drug-likeness (QED) is 0.365. The number of aromatic nitrogens is 2. The molecule has 2 heterocycles. The van der Waals surface area contributed by atoms with Crippen LogP contribution in [-0.4, -0.2) is 27.1 Å². The predicted molar refractivity (Wildman–Crippen MR) is 124 cm³/mol. The largest absolute Gasteiger partial charge is 0.467 e. The lowest BCUT2D eigenvalue weighted by Crippen LogP contribution is -2.22. The summed E-state index contributed by atoms with van der Waals surface area (Å²) in [5.41, 5.74) is 2.02. The van der Waals surface area contributed by atoms with Crippen LogP contribution in [0.4, 0.5) is 5.69 Å². The van der Waals surface area contributed by atoms with Crippen LogP contribution in [0, 0.1) is 0 Å². The number of amides is 2. The van der Waals surface area contributed by atoms with Gasteiger partial charge < -0.3 is 15.1 Å². The summed E-state index contributed by atoms with van der Waals surface area (Å²) < 4.78 is 7.08. The fourth-order valence-electron chi connectivity index (χ4n) is 2.94. The van der Waals surface area contributed by atoms with Crippen LogP contribution in [0.2, 0.25) is 5.02 Å². The Bertz CT molecular complexity index is 1210. The predicted octanol–water partition coefficient (Wildman–Crippen LogP) is 4.78. The summed E-state index contributed by atoms with van der Waals surface area (Å²) in [6.45, 7) is 0.327. The van der Waals surface area contributed by atoms with Gasteiger partial charge in [0.2, 0.25) is 5.91 Å². The van der Waals surface area contributed by atoms with Crippen molar-refractivity contribution in [2.24, 2.45) is 0 Å². The molecule has 0 spiro atoms. The number of carbonyl (C=O) groups excluding carboxylic acids is 2. The normalized spacial score (nSPS) is 10.7. The molecule has 0 aliphatic rings. The van der Waals surface area contributed by atoms with E-state index in [1.807, 2.05) is 22.9 Å². The van der Waals surface area contributed by atoms with Gasteiger partial charge >= 0.3 is 0 Å². The van der Waals surface area contributed by atoms with Crippen molar-refractivity contribution in [3.8, 4) is 5.69 Å². The van der Waals surface area contributed by atoms with E-state index in [2.05, 4.69) is 15.6 Å². The van der Waals surface area contributed by atoms with Gasteiger partial charge in [0, 0.05) is 34.4 Å². The van der Waals surface area contributed by atoms with Crippen LogP contribution in [0.5, 0.6) is 0 Å². The van der Waals surface area contributed by atoms with E-state index in [0.29, 0.717) is 33.7 Å². The molecular weight excluding hydrogens is 448 g/mol. The van der Waals surface area contributed by atoms with Crippen LogP contribution in [0.15, 0.2) is 88.9 Å². The van der Waals surface area contributed by atoms with Gasteiger partial charge in [-0.05, 0) is 54.6 Å². The second-order valence-corrected chi connectivity index (χ2v) is 8.11. The molecule has 0 bridgehead atoms. The summed E-state index contributed by atoms with van der Waals surface area (Å²) >= 11 is 7.26. The van der Waals surface area contributed by atoms with E-state index in [0.717, 1.165) is 5.69 Å². The van der Waals surface area contributed by atoms with E-state index in [1.165, 1.54) is 11.8 Å². The maximum Gasteiger partial charge on any atom is 0.251 e. The summed E-state index contributed by atoms with van der Waals surface area (Å²) in [6, 6.07) is 17.7. The van der Waals surface area contributed by atoms with Crippen molar-refractivity contribution >= 4 is 40.9 Å². The van der Waals surface area contributed by atoms with Crippen LogP contribution in [0.3, 0.4) is 0 Å². The van der Waals surface area contributed by atoms with E-state index in [4.69, 9.17) is 16.0 Å². The lowest BCUT2D eigenvalue weighted by atomic mass is 10.2. The topological polar surface area (TPSA) is 89.2 Å². The number of benzene rings is 2. The SMILES string of the molecule is O=C(CSc1nccn1-c1ccc(C(=O)NCc2ccco2)cc1)Nc1cccc(Cl)c1. The third-order valence-electron chi connectivity index (χ3n) is 4.46. The Balaban J connectivity index is 1.35. The van der Waals surface area contributed by atoms with Gasteiger partial charge in [-0.15, -0.1) is 0 Å². The Kier molecular flexibility index (Phi) is 6.94. The molecule has 32 heavy (non-hydrogen) atoms. The van der Waals surface area contributed by atoms with Gasteiger partial charge in [0.25, 0.3) is 5.91 Å². The van der Waals surface area contributed by atoms with E-state index in [9.17, 15) is 9.59 Å². The van der Waals surface area contributed by atoms with Crippen molar-refractivity contribution in [1.29, 1.82) is 0 Å². The third kappa shape index (κ3) is 5.60. The van der Waals surface area contributed by atoms with Crippen LogP contribution < -0.4 is 10.6 Å². The highest BCUT2D eigenvalue weighted by Crippen LogP contribution is 2.22. The van der Waals surface area contributed by atoms with Gasteiger partial charge in [-0.3, -0.25) is 14.2 Å². The molecule has 7 nitrogen and oxygen atoms in total. The van der Waals surface area contributed by atoms with Crippen LogP contribution in [-0.2, 0) is 11.3 Å². The summed E-state index contributed by atoms with van der Waals surface area (Å²) in [7, 11) is 0. The Labute approximate surface area is 193 Å². The van der Waals surface area contributed by atoms with Crippen LogP contribution in [0.25, 0.3) is 5.69 Å². The molecule has 0 radical (unpaired) electrons. The standard InChI is InChI=1S/C23H19ClN4O3S/c24-17-3-1-4-18(13-17)27-21(29)15-32-23-25-10-11-28(23)19-8-6-16(7-9-19)22(30)26-14-20-5-2-12-31-20/h1-13H,14-15H2,(H,26,30)(H,27,29). The smallest absolute Gasteiger partial charge is 0.251 e. The lowest BCUT2D eigenvalue weighted by Gasteiger charge is -2.09. The first-order valence-corrected chi connectivity index (χ1v) is 11.1. The average Bonchev–Trinajstić information content (AvgIpc) is 3.48. The molecule has 0 aliphatic carbocycles. The minimum atomic E-state index is -0.189. The lowest BCUT2D eigenvalue weighted by molar-refractivity contribution is -0.113. The first-order chi connectivity index (χ1) is 15.6. The van der Waals surface area contributed by atoms with E-state index in [-0.39, 0.29) is 17.6 Å². The van der Waals surface area contributed by atoms with Gasteiger partial charge in [-0.25, -0.2) is 4.98 Å². The molecule has 2 aromatic heterocycles. The number of imidazole rings is 1. The number of hydrogen-bond acceptors (Lipinski definition) is 5. The summed E-state index contributed by atoms with van der Waals surface area (Å²) in [5, 5.41) is 6.86. The van der Waals surface area contributed by atoms with Crippen molar-refractivity contribution in [3.05, 3.63) is 95.7 Å². The summed E-state index contributed by atoms with van der Waals surface area (Å²) in [6.07, 6.45) is 5.04. The van der Waals surface area contributed by atoms with E-state index in [1.54, 1.807) is 61.0 Å². The molecule has 162 valence electrons. The van der Waals surface area contributed by atoms with E-state index >= 15 is 0 Å². The molecule has 2 N–H and O–H groups in total. The van der Waals surface area contributed by atoms with Crippen LogP contribution in [0.1, 0.15) is 16.1 Å². The van der Waals surface area contributed by atoms with Crippen molar-refractivity contribution < 1.29 is 14.0 Å². The number of nitrogens with zero attached hydrogens (tertiary/aromatic N) is 2. The van der Waals surface area contributed by atoms with Crippen molar-refractivity contribution in [1.82, 2.24) is 14.9 Å². The highest BCUT2D eigenvalue weighted by atomic mass is 35.5. The van der Waals surface area contributed by atoms with Gasteiger partial charge in [-0.1, -0.05) is 29.4 Å². The minimum Gasteiger partial charge on any atom is -0.467 e. The molecule has 2 aromatic carbocycles. The third-order valence-corrected chi connectivity index (χ3v) is 5.66. The van der Waals surface area contributed by atoms with Crippen LogP contribution >= 0.6 is 23.4 Å². The number of nitrogens with one attached hydrogen (secondary N) is 2. The molecule has 0 saturated carbocycles. The molecule has 9 heteroatoms. The molecule has 2 amide bonds. The highest BCUT2D eigenvalue weighted by molar-refractivity contribution is 7.99. The Morgan fingerprint density at radius 3 is 2.69 bits per heavy atom. The molecule has 0 unspecified atom stereocenters. The Morgan fingerprint density at radius 1 is 1.09 bits per heavy atom. The van der Waals surface area contributed by atoms with Crippen molar-refractivity contribution in [2.45, 2.75) is 11.7 Å². The molecule has 0 saturated heterocycles. The number of furan rings is 1. The molecule has 0 atom stereocenters. The first-order valence-electron chi connectivity index (χ1n) is 9.71. The zero-order valence-electron chi connectivity index (χ0n) is 16.8. The molecular formula is C23H19ClN4O3S. The van der Waals surface area contributed by atoms with Gasteiger partial charge in [-0.2, -0.15) is 0 Å². The number of thioether (sulfide) groups is 1. The Hall–Kier alpha value is -3.49. The first kappa shape index (κ1) is 21.7. The zero-order chi connectivity index (χ0) is 22.3. The molecule has 4 rings (SSSR count). The molecule has 0 aliphatic heterocycles. The second kappa shape index (κ2) is 10.2. The molecule has 0 fully saturated rings. The Morgan fingerprint density at radius 2 is 1.94 bits per heavy atom. The maximum atomic E-state index is 12.3. The van der Waals surface area contributed by atoms with E-state index < -0.39 is 0 Å². The zero-order valence-corrected chi connectivity index (χ0v) is 18.4. The second-order valence-electron chi connectivity index (χ2n) is 6.74. The number of halogens is 1. The fraction of sp³-hybridized carbons (Fsp3) is 0.0870. The summed E-state index contributed by atoms with van der Waals surface area (Å²) in [5.74, 6) is 0.535. The average molecular weight is 467 g/mol. The van der Waals surface area contributed by atoms with Gasteiger partial charge in [0.05, 0.1) is 18.6 Å². The number of anilines is 1. The number of carbonyl (C=O) groups is 2. The maximum absolute atomic E-state index is 12.3. The van der Waals surface area contributed by atoms with Crippen molar-refractivity contribution in [3.63, 3.8) is 0 Å². The minimum absolute atomic E-state index is 0.157. The monoisotopic (exact) mass is 466 g/mol. The number of rotatable bonds is 8.